The quantitative estimate of drug-likeness (QED) is 0.749. The van der Waals surface area contributed by atoms with Crippen LogP contribution in [0, 0.1) is 5.41 Å². The molecule has 0 unspecified atom stereocenters. The fourth-order valence-corrected chi connectivity index (χ4v) is 4.51. The maximum absolute atomic E-state index is 12.7. The van der Waals surface area contributed by atoms with Gasteiger partial charge in [0.15, 0.2) is 9.84 Å². The fraction of sp³-hybridized carbons (Fsp3) is 0.650. The Morgan fingerprint density at radius 1 is 1.36 bits per heavy atom. The van der Waals surface area contributed by atoms with Crippen LogP contribution in [0.25, 0.3) is 0 Å². The van der Waals surface area contributed by atoms with E-state index in [0.29, 0.717) is 22.8 Å². The number of rotatable bonds is 7. The summed E-state index contributed by atoms with van der Waals surface area (Å²) in [5.41, 5.74) is 0.781. The molecule has 3 fully saturated rings. The Morgan fingerprint density at radius 3 is 2.64 bits per heavy atom. The number of amides is 1. The highest BCUT2D eigenvalue weighted by molar-refractivity contribution is 7.93. The molecule has 3 saturated carbocycles. The Bertz CT molecular complexity index is 896. The van der Waals surface area contributed by atoms with Gasteiger partial charge < -0.3 is 10.1 Å². The zero-order chi connectivity index (χ0) is 19.9. The number of carbonyl (C=O) groups excluding carboxylic acids is 1. The van der Waals surface area contributed by atoms with Gasteiger partial charge in [-0.3, -0.25) is 4.79 Å². The second-order valence-corrected chi connectivity index (χ2v) is 10.6. The van der Waals surface area contributed by atoms with E-state index in [-0.39, 0.29) is 12.0 Å². The van der Waals surface area contributed by atoms with E-state index in [0.717, 1.165) is 43.2 Å². The second kappa shape index (κ2) is 7.13. The number of sulfone groups is 1. The Morgan fingerprint density at radius 2 is 2.07 bits per heavy atom. The lowest BCUT2D eigenvalue weighted by Gasteiger charge is -2.53. The molecular formula is C20H27N3O4S. The van der Waals surface area contributed by atoms with E-state index in [9.17, 15) is 13.2 Å². The average molecular weight is 406 g/mol. The zero-order valence-corrected chi connectivity index (χ0v) is 17.2. The predicted octanol–water partition coefficient (Wildman–Crippen LogP) is 2.74. The first-order valence-electron chi connectivity index (χ1n) is 9.96. The summed E-state index contributed by atoms with van der Waals surface area (Å²) >= 11 is 0. The van der Waals surface area contributed by atoms with Crippen LogP contribution in [0.1, 0.15) is 74.0 Å². The number of hydrogen-bond donors (Lipinski definition) is 1. The lowest BCUT2D eigenvalue weighted by molar-refractivity contribution is -0.0699. The summed E-state index contributed by atoms with van der Waals surface area (Å²) in [6, 6.07) is -0.444. The minimum absolute atomic E-state index is 0.108. The molecule has 0 aromatic carbocycles. The van der Waals surface area contributed by atoms with E-state index in [2.05, 4.69) is 15.3 Å². The Balaban J connectivity index is 1.47. The van der Waals surface area contributed by atoms with Crippen molar-refractivity contribution in [2.75, 3.05) is 6.26 Å². The van der Waals surface area contributed by atoms with Crippen molar-refractivity contribution < 1.29 is 17.9 Å². The SMILES string of the molecule is C[C@@H](/C=C/S(C)(=O)=O)NC(=O)c1cnc(C2CC2)nc1OC1CC2(CCC2)C1. The molecule has 1 N–H and O–H groups in total. The molecule has 0 radical (unpaired) electrons. The molecule has 1 spiro atoms. The van der Waals surface area contributed by atoms with Gasteiger partial charge >= 0.3 is 0 Å². The van der Waals surface area contributed by atoms with Gasteiger partial charge in [0.1, 0.15) is 17.5 Å². The van der Waals surface area contributed by atoms with Gasteiger partial charge in [-0.2, -0.15) is 4.98 Å². The molecule has 1 amide bonds. The summed E-state index contributed by atoms with van der Waals surface area (Å²) in [6.45, 7) is 1.71. The van der Waals surface area contributed by atoms with Crippen molar-refractivity contribution in [3.63, 3.8) is 0 Å². The smallest absolute Gasteiger partial charge is 0.258 e. The summed E-state index contributed by atoms with van der Waals surface area (Å²) in [6.07, 6.45) is 12.3. The molecule has 0 bridgehead atoms. The van der Waals surface area contributed by atoms with Gasteiger partial charge in [0.05, 0.1) is 0 Å². The van der Waals surface area contributed by atoms with Gasteiger partial charge in [-0.05, 0) is 50.9 Å². The molecule has 1 aromatic rings. The summed E-state index contributed by atoms with van der Waals surface area (Å²) < 4.78 is 28.6. The van der Waals surface area contributed by atoms with E-state index < -0.39 is 15.9 Å². The fourth-order valence-electron chi connectivity index (χ4n) is 3.99. The largest absolute Gasteiger partial charge is 0.474 e. The van der Waals surface area contributed by atoms with Crippen LogP contribution >= 0.6 is 0 Å². The summed E-state index contributed by atoms with van der Waals surface area (Å²) in [4.78, 5) is 21.6. The van der Waals surface area contributed by atoms with Crippen molar-refractivity contribution >= 4 is 15.7 Å². The standard InChI is InChI=1S/C20H27N3O4S/c1-13(6-9-28(2,25)26)22-18(24)16-12-21-17(14-4-5-14)23-19(16)27-15-10-20(11-15)7-3-8-20/h6,9,12-15H,3-5,7-8,10-11H2,1-2H3,(H,22,24)/b9-6+/t13-/m0/s1. The van der Waals surface area contributed by atoms with Crippen molar-refractivity contribution in [2.45, 2.75) is 69.9 Å². The first-order valence-corrected chi connectivity index (χ1v) is 11.9. The molecular weight excluding hydrogens is 378 g/mol. The number of nitrogens with one attached hydrogen (secondary N) is 1. The minimum atomic E-state index is -3.24. The van der Waals surface area contributed by atoms with Crippen LogP contribution in [0.2, 0.25) is 0 Å². The number of ether oxygens (including phenoxy) is 1. The van der Waals surface area contributed by atoms with Crippen LogP contribution in [-0.4, -0.2) is 42.7 Å². The van der Waals surface area contributed by atoms with Gasteiger partial charge in [0, 0.05) is 29.8 Å². The van der Waals surface area contributed by atoms with Crippen LogP contribution in [-0.2, 0) is 9.84 Å². The number of nitrogens with zero attached hydrogens (tertiary/aromatic N) is 2. The van der Waals surface area contributed by atoms with Gasteiger partial charge in [-0.1, -0.05) is 12.5 Å². The van der Waals surface area contributed by atoms with Gasteiger partial charge in [-0.15, -0.1) is 0 Å². The first kappa shape index (κ1) is 19.4. The van der Waals surface area contributed by atoms with Crippen LogP contribution in [0.5, 0.6) is 5.88 Å². The topological polar surface area (TPSA) is 98.2 Å². The monoisotopic (exact) mass is 405 g/mol. The lowest BCUT2D eigenvalue weighted by atomic mass is 9.55. The molecule has 4 rings (SSSR count). The van der Waals surface area contributed by atoms with Crippen LogP contribution in [0.15, 0.2) is 17.7 Å². The number of aromatic nitrogens is 2. The molecule has 1 heterocycles. The Labute approximate surface area is 165 Å². The summed E-state index contributed by atoms with van der Waals surface area (Å²) in [7, 11) is -3.24. The zero-order valence-electron chi connectivity index (χ0n) is 16.3. The third kappa shape index (κ3) is 4.37. The summed E-state index contributed by atoms with van der Waals surface area (Å²) in [5.74, 6) is 1.11. The normalized spacial score (nSPS) is 22.5. The average Bonchev–Trinajstić information content (AvgIpc) is 3.38. The van der Waals surface area contributed by atoms with E-state index >= 15 is 0 Å². The molecule has 3 aliphatic rings. The molecule has 7 nitrogen and oxygen atoms in total. The second-order valence-electron chi connectivity index (χ2n) is 8.64. The molecule has 3 aliphatic carbocycles. The van der Waals surface area contributed by atoms with E-state index in [4.69, 9.17) is 4.74 Å². The van der Waals surface area contributed by atoms with Gasteiger partial charge in [-0.25, -0.2) is 13.4 Å². The molecule has 1 atom stereocenters. The van der Waals surface area contributed by atoms with Crippen LogP contribution < -0.4 is 10.1 Å². The molecule has 1 aromatic heterocycles. The Hall–Kier alpha value is -1.96. The van der Waals surface area contributed by atoms with Crippen molar-refractivity contribution in [3.8, 4) is 5.88 Å². The number of carbonyl (C=O) groups is 1. The maximum atomic E-state index is 12.7. The van der Waals surface area contributed by atoms with E-state index in [1.54, 1.807) is 6.92 Å². The minimum Gasteiger partial charge on any atom is -0.474 e. The maximum Gasteiger partial charge on any atom is 0.258 e. The van der Waals surface area contributed by atoms with Crippen molar-refractivity contribution in [1.29, 1.82) is 0 Å². The van der Waals surface area contributed by atoms with Crippen molar-refractivity contribution in [3.05, 3.63) is 29.1 Å². The van der Waals surface area contributed by atoms with Gasteiger partial charge in [0.25, 0.3) is 5.91 Å². The van der Waals surface area contributed by atoms with Crippen LogP contribution in [0.3, 0.4) is 0 Å². The Kier molecular flexibility index (Phi) is 4.93. The van der Waals surface area contributed by atoms with Gasteiger partial charge in [0.2, 0.25) is 5.88 Å². The molecule has 0 saturated heterocycles. The molecule has 152 valence electrons. The molecule has 8 heteroatoms. The molecule has 28 heavy (non-hydrogen) atoms. The lowest BCUT2D eigenvalue weighted by Crippen LogP contribution is -2.48. The molecule has 0 aliphatic heterocycles. The first-order chi connectivity index (χ1) is 13.2. The number of hydrogen-bond acceptors (Lipinski definition) is 6. The van der Waals surface area contributed by atoms with Crippen LogP contribution in [0.4, 0.5) is 0 Å². The van der Waals surface area contributed by atoms with E-state index in [1.807, 2.05) is 0 Å². The summed E-state index contributed by atoms with van der Waals surface area (Å²) in [5, 5.41) is 3.86. The predicted molar refractivity (Wildman–Crippen MR) is 105 cm³/mol. The highest BCUT2D eigenvalue weighted by Gasteiger charge is 2.49. The van der Waals surface area contributed by atoms with Crippen molar-refractivity contribution in [2.24, 2.45) is 5.41 Å². The third-order valence-electron chi connectivity index (χ3n) is 5.95. The highest BCUT2D eigenvalue weighted by atomic mass is 32.2. The van der Waals surface area contributed by atoms with E-state index in [1.165, 1.54) is 31.5 Å². The van der Waals surface area contributed by atoms with Crippen molar-refractivity contribution in [1.82, 2.24) is 15.3 Å². The third-order valence-corrected chi connectivity index (χ3v) is 6.60. The highest BCUT2D eigenvalue weighted by Crippen LogP contribution is 2.56.